The highest BCUT2D eigenvalue weighted by Crippen LogP contribution is 2.30. The Labute approximate surface area is 120 Å². The predicted octanol–water partition coefficient (Wildman–Crippen LogP) is 2.82. The van der Waals surface area contributed by atoms with Gasteiger partial charge in [0.1, 0.15) is 5.82 Å². The van der Waals surface area contributed by atoms with Crippen molar-refractivity contribution in [1.82, 2.24) is 9.97 Å². The second-order valence-corrected chi connectivity index (χ2v) is 5.64. The Balaban J connectivity index is 2.32. The number of hydrogen-bond donors (Lipinski definition) is 2. The van der Waals surface area contributed by atoms with E-state index in [0.29, 0.717) is 0 Å². The van der Waals surface area contributed by atoms with Crippen LogP contribution in [0.15, 0.2) is 12.1 Å². The molecular weight excluding hydrogens is 278 g/mol. The van der Waals surface area contributed by atoms with Gasteiger partial charge in [-0.05, 0) is 26.8 Å². The van der Waals surface area contributed by atoms with Gasteiger partial charge < -0.3 is 11.1 Å². The number of nitrogen functional groups attached to an aromatic ring is 1. The van der Waals surface area contributed by atoms with Crippen LogP contribution in [-0.2, 0) is 0 Å². The van der Waals surface area contributed by atoms with E-state index in [9.17, 15) is 10.1 Å². The summed E-state index contributed by atoms with van der Waals surface area (Å²) in [5, 5.41) is 15.0. The van der Waals surface area contributed by atoms with Crippen molar-refractivity contribution in [1.29, 1.82) is 0 Å². The third kappa shape index (κ3) is 2.85. The maximum atomic E-state index is 11.0. The van der Waals surface area contributed by atoms with Crippen LogP contribution in [0.3, 0.4) is 0 Å². The summed E-state index contributed by atoms with van der Waals surface area (Å²) in [6, 6.07) is 2.63. The van der Waals surface area contributed by atoms with Crippen molar-refractivity contribution in [2.45, 2.75) is 26.8 Å². The van der Waals surface area contributed by atoms with Crippen LogP contribution in [0.2, 0.25) is 0 Å². The molecule has 0 saturated heterocycles. The van der Waals surface area contributed by atoms with Crippen LogP contribution in [-0.4, -0.2) is 14.9 Å². The zero-order valence-corrected chi connectivity index (χ0v) is 12.2. The molecule has 0 amide bonds. The van der Waals surface area contributed by atoms with Gasteiger partial charge in [-0.2, -0.15) is 0 Å². The largest absolute Gasteiger partial charge is 0.384 e. The summed E-state index contributed by atoms with van der Waals surface area (Å²) in [6.07, 6.45) is 0. The highest BCUT2D eigenvalue weighted by Gasteiger charge is 2.20. The second-order valence-electron chi connectivity index (χ2n) is 4.41. The molecule has 0 radical (unpaired) electrons. The Hall–Kier alpha value is -2.22. The first-order valence-electron chi connectivity index (χ1n) is 6.00. The molecule has 0 saturated carbocycles. The van der Waals surface area contributed by atoms with Gasteiger partial charge in [0.25, 0.3) is 0 Å². The zero-order chi connectivity index (χ0) is 14.9. The van der Waals surface area contributed by atoms with Crippen molar-refractivity contribution in [2.24, 2.45) is 0 Å². The van der Waals surface area contributed by atoms with Crippen molar-refractivity contribution in [3.63, 3.8) is 0 Å². The summed E-state index contributed by atoms with van der Waals surface area (Å²) in [4.78, 5) is 19.9. The van der Waals surface area contributed by atoms with Crippen LogP contribution in [0.1, 0.15) is 28.5 Å². The first kappa shape index (κ1) is 14.2. The average Bonchev–Trinajstić information content (AvgIpc) is 2.68. The topological polar surface area (TPSA) is 107 Å². The molecule has 8 heteroatoms. The van der Waals surface area contributed by atoms with Crippen LogP contribution < -0.4 is 11.1 Å². The maximum absolute atomic E-state index is 11.0. The monoisotopic (exact) mass is 293 g/mol. The Bertz CT molecular complexity index is 655. The Morgan fingerprint density at radius 1 is 1.40 bits per heavy atom. The minimum atomic E-state index is -0.480. The number of pyridine rings is 1. The SMILES string of the molecule is Cc1nc(C)c(C(C)Nc2nc(N)ccc2[N+](=O)[O-])s1. The lowest BCUT2D eigenvalue weighted by Gasteiger charge is -2.13. The minimum Gasteiger partial charge on any atom is -0.384 e. The molecule has 0 aromatic carbocycles. The number of nitrogens with zero attached hydrogens (tertiary/aromatic N) is 3. The summed E-state index contributed by atoms with van der Waals surface area (Å²) in [6.45, 7) is 5.75. The number of nitro groups is 1. The van der Waals surface area contributed by atoms with Crippen LogP contribution in [0.5, 0.6) is 0 Å². The van der Waals surface area contributed by atoms with Crippen molar-refractivity contribution in [3.05, 3.63) is 37.8 Å². The van der Waals surface area contributed by atoms with Gasteiger partial charge in [0.15, 0.2) is 0 Å². The van der Waals surface area contributed by atoms with E-state index in [-0.39, 0.29) is 23.4 Å². The van der Waals surface area contributed by atoms with Crippen LogP contribution >= 0.6 is 11.3 Å². The first-order chi connectivity index (χ1) is 9.38. The Morgan fingerprint density at radius 2 is 2.10 bits per heavy atom. The summed E-state index contributed by atoms with van der Waals surface area (Å²) in [5.41, 5.74) is 6.42. The predicted molar refractivity (Wildman–Crippen MR) is 78.9 cm³/mol. The van der Waals surface area contributed by atoms with Crippen LogP contribution in [0.4, 0.5) is 17.3 Å². The summed E-state index contributed by atoms with van der Waals surface area (Å²) in [5.74, 6) is 0.412. The lowest BCUT2D eigenvalue weighted by Crippen LogP contribution is -2.10. The van der Waals surface area contributed by atoms with Gasteiger partial charge in [0.2, 0.25) is 5.82 Å². The molecule has 0 spiro atoms. The molecule has 2 rings (SSSR count). The molecule has 1 unspecified atom stereocenters. The summed E-state index contributed by atoms with van der Waals surface area (Å²) >= 11 is 1.56. The molecular formula is C12H15N5O2S. The number of nitrogens with one attached hydrogen (secondary N) is 1. The molecule has 0 fully saturated rings. The maximum Gasteiger partial charge on any atom is 0.311 e. The number of rotatable bonds is 4. The third-order valence-corrected chi connectivity index (χ3v) is 4.03. The van der Waals surface area contributed by atoms with E-state index >= 15 is 0 Å². The van der Waals surface area contributed by atoms with Crippen LogP contribution in [0, 0.1) is 24.0 Å². The molecule has 2 aromatic heterocycles. The van der Waals surface area contributed by atoms with E-state index in [1.807, 2.05) is 20.8 Å². The van der Waals surface area contributed by atoms with E-state index in [1.54, 1.807) is 11.3 Å². The minimum absolute atomic E-state index is 0.0926. The molecule has 2 aromatic rings. The Morgan fingerprint density at radius 3 is 2.65 bits per heavy atom. The molecule has 3 N–H and O–H groups in total. The first-order valence-corrected chi connectivity index (χ1v) is 6.81. The van der Waals surface area contributed by atoms with Crippen molar-refractivity contribution in [3.8, 4) is 0 Å². The number of aromatic nitrogens is 2. The Kier molecular flexibility index (Phi) is 3.84. The van der Waals surface area contributed by atoms with E-state index in [0.717, 1.165) is 15.6 Å². The fraction of sp³-hybridized carbons (Fsp3) is 0.333. The van der Waals surface area contributed by atoms with Gasteiger partial charge in [0, 0.05) is 10.9 Å². The fourth-order valence-corrected chi connectivity index (χ4v) is 2.87. The normalized spacial score (nSPS) is 12.2. The van der Waals surface area contributed by atoms with E-state index < -0.39 is 4.92 Å². The molecule has 0 aliphatic carbocycles. The average molecular weight is 293 g/mol. The fourth-order valence-electron chi connectivity index (χ4n) is 1.94. The van der Waals surface area contributed by atoms with Gasteiger partial charge >= 0.3 is 5.69 Å². The van der Waals surface area contributed by atoms with E-state index in [1.165, 1.54) is 12.1 Å². The molecule has 2 heterocycles. The number of nitrogens with two attached hydrogens (primary N) is 1. The highest BCUT2D eigenvalue weighted by molar-refractivity contribution is 7.11. The highest BCUT2D eigenvalue weighted by atomic mass is 32.1. The molecule has 7 nitrogen and oxygen atoms in total. The van der Waals surface area contributed by atoms with E-state index in [2.05, 4.69) is 15.3 Å². The van der Waals surface area contributed by atoms with Gasteiger partial charge in [0.05, 0.1) is 21.7 Å². The van der Waals surface area contributed by atoms with Crippen LogP contribution in [0.25, 0.3) is 0 Å². The second kappa shape index (κ2) is 5.41. The quantitative estimate of drug-likeness (QED) is 0.663. The summed E-state index contributed by atoms with van der Waals surface area (Å²) < 4.78 is 0. The smallest absolute Gasteiger partial charge is 0.311 e. The summed E-state index contributed by atoms with van der Waals surface area (Å²) in [7, 11) is 0. The molecule has 106 valence electrons. The standard InChI is InChI=1S/C12H15N5O2S/c1-6-11(20-8(3)14-6)7(2)15-12-9(17(18)19)4-5-10(13)16-12/h4-5,7H,1-3H3,(H3,13,15,16). The molecule has 1 atom stereocenters. The lowest BCUT2D eigenvalue weighted by molar-refractivity contribution is -0.384. The number of hydrogen-bond acceptors (Lipinski definition) is 7. The molecule has 0 aliphatic rings. The van der Waals surface area contributed by atoms with E-state index in [4.69, 9.17) is 5.73 Å². The van der Waals surface area contributed by atoms with Gasteiger partial charge in [-0.3, -0.25) is 10.1 Å². The molecule has 0 bridgehead atoms. The number of anilines is 2. The van der Waals surface area contributed by atoms with Gasteiger partial charge in [-0.1, -0.05) is 0 Å². The van der Waals surface area contributed by atoms with Gasteiger partial charge in [-0.25, -0.2) is 9.97 Å². The van der Waals surface area contributed by atoms with Crippen molar-refractivity contribution in [2.75, 3.05) is 11.1 Å². The molecule has 20 heavy (non-hydrogen) atoms. The van der Waals surface area contributed by atoms with Crippen molar-refractivity contribution >= 4 is 28.7 Å². The molecule has 0 aliphatic heterocycles. The number of aryl methyl sites for hydroxylation is 2. The van der Waals surface area contributed by atoms with Crippen molar-refractivity contribution < 1.29 is 4.92 Å². The number of thiazole rings is 1. The zero-order valence-electron chi connectivity index (χ0n) is 11.4. The lowest BCUT2D eigenvalue weighted by atomic mass is 10.2. The third-order valence-electron chi connectivity index (χ3n) is 2.78. The van der Waals surface area contributed by atoms with Gasteiger partial charge in [-0.15, -0.1) is 11.3 Å².